The minimum Gasteiger partial charge on any atom is -0.495 e. The van der Waals surface area contributed by atoms with E-state index in [4.69, 9.17) is 10.5 Å². The topological polar surface area (TPSA) is 81.4 Å². The second kappa shape index (κ2) is 5.94. The number of nitrogens with one attached hydrogen (secondary N) is 1. The van der Waals surface area contributed by atoms with Crippen LogP contribution in [0.2, 0.25) is 0 Å². The summed E-state index contributed by atoms with van der Waals surface area (Å²) < 4.78 is 33.7. The quantitative estimate of drug-likeness (QED) is 0.869. The molecule has 0 amide bonds. The normalized spacial score (nSPS) is 17.9. The average Bonchev–Trinajstić information content (AvgIpc) is 2.85. The average molecular weight is 312 g/mol. The lowest BCUT2D eigenvalue weighted by atomic mass is 10.0. The lowest BCUT2D eigenvalue weighted by Crippen LogP contribution is -2.51. The second-order valence-electron chi connectivity index (χ2n) is 5.91. The summed E-state index contributed by atoms with van der Waals surface area (Å²) in [5.74, 6) is 0.380. The van der Waals surface area contributed by atoms with Crippen LogP contribution >= 0.6 is 0 Å². The van der Waals surface area contributed by atoms with Crippen LogP contribution in [0.15, 0.2) is 17.0 Å². The summed E-state index contributed by atoms with van der Waals surface area (Å²) in [7, 11) is -2.17. The summed E-state index contributed by atoms with van der Waals surface area (Å²) in [6, 6.07) is 3.59. The molecule has 0 aromatic heterocycles. The third-order valence-electron chi connectivity index (χ3n) is 4.18. The van der Waals surface area contributed by atoms with Gasteiger partial charge in [-0.15, -0.1) is 0 Å². The van der Waals surface area contributed by atoms with Gasteiger partial charge in [0.2, 0.25) is 10.0 Å². The number of benzene rings is 1. The monoisotopic (exact) mass is 312 g/mol. The third kappa shape index (κ3) is 3.22. The van der Waals surface area contributed by atoms with Gasteiger partial charge in [0.1, 0.15) is 10.6 Å². The summed E-state index contributed by atoms with van der Waals surface area (Å²) in [6.07, 6.45) is 3.58. The molecule has 1 aliphatic carbocycles. The lowest BCUT2D eigenvalue weighted by molar-refractivity contribution is 0.388. The first-order valence-electron chi connectivity index (χ1n) is 7.23. The van der Waals surface area contributed by atoms with Crippen molar-refractivity contribution < 1.29 is 13.2 Å². The van der Waals surface area contributed by atoms with Crippen molar-refractivity contribution in [2.75, 3.05) is 13.7 Å². The van der Waals surface area contributed by atoms with Gasteiger partial charge in [-0.2, -0.15) is 0 Å². The van der Waals surface area contributed by atoms with Crippen molar-refractivity contribution in [1.82, 2.24) is 4.72 Å². The maximum atomic E-state index is 12.8. The van der Waals surface area contributed by atoms with Crippen LogP contribution in [0, 0.1) is 13.8 Å². The molecule has 2 rings (SSSR count). The van der Waals surface area contributed by atoms with E-state index in [0.717, 1.165) is 31.2 Å². The van der Waals surface area contributed by atoms with Gasteiger partial charge in [0, 0.05) is 12.1 Å². The van der Waals surface area contributed by atoms with Gasteiger partial charge >= 0.3 is 0 Å². The molecule has 1 aliphatic rings. The summed E-state index contributed by atoms with van der Waals surface area (Å²) in [4.78, 5) is 0.218. The standard InChI is InChI=1S/C15H24N2O3S/c1-11-8-12(2)14(13(9-11)20-3)21(18,19)17-15(10-16)6-4-5-7-15/h8-9,17H,4-7,10,16H2,1-3H3. The van der Waals surface area contributed by atoms with Gasteiger partial charge in [0.25, 0.3) is 0 Å². The van der Waals surface area contributed by atoms with Gasteiger partial charge in [-0.05, 0) is 43.9 Å². The Kier molecular flexibility index (Phi) is 4.60. The Labute approximate surface area is 126 Å². The molecule has 0 atom stereocenters. The number of nitrogens with two attached hydrogens (primary N) is 1. The maximum absolute atomic E-state index is 12.8. The number of methoxy groups -OCH3 is 1. The lowest BCUT2D eigenvalue weighted by Gasteiger charge is -2.29. The zero-order chi connectivity index (χ0) is 15.7. The SMILES string of the molecule is COc1cc(C)cc(C)c1S(=O)(=O)NC1(CN)CCCC1. The van der Waals surface area contributed by atoms with Crippen LogP contribution in [0.3, 0.4) is 0 Å². The molecule has 0 heterocycles. The highest BCUT2D eigenvalue weighted by molar-refractivity contribution is 7.89. The zero-order valence-corrected chi connectivity index (χ0v) is 13.7. The highest BCUT2D eigenvalue weighted by atomic mass is 32.2. The van der Waals surface area contributed by atoms with Gasteiger partial charge in [-0.1, -0.05) is 18.9 Å². The second-order valence-corrected chi connectivity index (χ2v) is 7.53. The molecule has 6 heteroatoms. The Morgan fingerprint density at radius 1 is 1.29 bits per heavy atom. The van der Waals surface area contributed by atoms with E-state index in [1.54, 1.807) is 13.0 Å². The first-order chi connectivity index (χ1) is 9.83. The molecular weight excluding hydrogens is 288 g/mol. The number of hydrogen-bond donors (Lipinski definition) is 2. The van der Waals surface area contributed by atoms with Crippen molar-refractivity contribution in [3.63, 3.8) is 0 Å². The first-order valence-corrected chi connectivity index (χ1v) is 8.71. The predicted octanol–water partition coefficient (Wildman–Crippen LogP) is 1.86. The summed E-state index contributed by atoms with van der Waals surface area (Å²) in [5.41, 5.74) is 6.97. The number of aryl methyl sites for hydroxylation is 2. The van der Waals surface area contributed by atoms with E-state index in [1.807, 2.05) is 13.0 Å². The third-order valence-corrected chi connectivity index (χ3v) is 5.94. The molecule has 1 aromatic carbocycles. The Hall–Kier alpha value is -1.11. The zero-order valence-electron chi connectivity index (χ0n) is 12.9. The Morgan fingerprint density at radius 2 is 1.90 bits per heavy atom. The van der Waals surface area contributed by atoms with Gasteiger partial charge < -0.3 is 10.5 Å². The smallest absolute Gasteiger partial charge is 0.245 e. The van der Waals surface area contributed by atoms with E-state index in [-0.39, 0.29) is 4.90 Å². The molecule has 0 saturated heterocycles. The van der Waals surface area contributed by atoms with Gasteiger partial charge in [-0.3, -0.25) is 0 Å². The minimum atomic E-state index is -3.66. The fourth-order valence-electron chi connectivity index (χ4n) is 3.15. The van der Waals surface area contributed by atoms with Crippen LogP contribution in [0.25, 0.3) is 0 Å². The number of ether oxygens (including phenoxy) is 1. The van der Waals surface area contributed by atoms with E-state index in [9.17, 15) is 8.42 Å². The summed E-state index contributed by atoms with van der Waals surface area (Å²) in [6.45, 7) is 4.02. The molecule has 1 saturated carbocycles. The van der Waals surface area contributed by atoms with E-state index in [1.165, 1.54) is 7.11 Å². The van der Waals surface area contributed by atoms with Crippen LogP contribution < -0.4 is 15.2 Å². The molecule has 0 radical (unpaired) electrons. The fraction of sp³-hybridized carbons (Fsp3) is 0.600. The Morgan fingerprint density at radius 3 is 2.43 bits per heavy atom. The minimum absolute atomic E-state index is 0.218. The van der Waals surface area contributed by atoms with Crippen LogP contribution in [-0.2, 0) is 10.0 Å². The largest absolute Gasteiger partial charge is 0.495 e. The molecule has 3 N–H and O–H groups in total. The number of rotatable bonds is 5. The Bertz CT molecular complexity index is 620. The maximum Gasteiger partial charge on any atom is 0.245 e. The predicted molar refractivity (Wildman–Crippen MR) is 83.0 cm³/mol. The van der Waals surface area contributed by atoms with E-state index in [0.29, 0.717) is 17.9 Å². The molecule has 0 spiro atoms. The van der Waals surface area contributed by atoms with Crippen molar-refractivity contribution in [2.24, 2.45) is 5.73 Å². The fourth-order valence-corrected chi connectivity index (χ4v) is 5.00. The first kappa shape index (κ1) is 16.3. The van der Waals surface area contributed by atoms with Gasteiger partial charge in [0.05, 0.1) is 7.11 Å². The summed E-state index contributed by atoms with van der Waals surface area (Å²) in [5, 5.41) is 0. The van der Waals surface area contributed by atoms with Crippen molar-refractivity contribution in [3.05, 3.63) is 23.3 Å². The van der Waals surface area contributed by atoms with E-state index in [2.05, 4.69) is 4.72 Å². The van der Waals surface area contributed by atoms with E-state index < -0.39 is 15.6 Å². The van der Waals surface area contributed by atoms with Gasteiger partial charge in [0.15, 0.2) is 0 Å². The van der Waals surface area contributed by atoms with Crippen LogP contribution in [0.4, 0.5) is 0 Å². The van der Waals surface area contributed by atoms with Gasteiger partial charge in [-0.25, -0.2) is 13.1 Å². The highest BCUT2D eigenvalue weighted by Crippen LogP contribution is 2.34. The van der Waals surface area contributed by atoms with Crippen LogP contribution in [0.1, 0.15) is 36.8 Å². The molecule has 5 nitrogen and oxygen atoms in total. The molecule has 21 heavy (non-hydrogen) atoms. The molecule has 1 fully saturated rings. The molecule has 0 bridgehead atoms. The molecule has 0 aliphatic heterocycles. The van der Waals surface area contributed by atoms with Crippen molar-refractivity contribution in [3.8, 4) is 5.75 Å². The molecule has 118 valence electrons. The van der Waals surface area contributed by atoms with E-state index >= 15 is 0 Å². The number of hydrogen-bond acceptors (Lipinski definition) is 4. The molecule has 0 unspecified atom stereocenters. The van der Waals surface area contributed by atoms with Crippen molar-refractivity contribution >= 4 is 10.0 Å². The van der Waals surface area contributed by atoms with Crippen molar-refractivity contribution in [2.45, 2.75) is 50.0 Å². The van der Waals surface area contributed by atoms with Crippen LogP contribution in [-0.4, -0.2) is 27.6 Å². The Balaban J connectivity index is 2.45. The molecular formula is C15H24N2O3S. The highest BCUT2D eigenvalue weighted by Gasteiger charge is 2.38. The molecule has 1 aromatic rings. The summed E-state index contributed by atoms with van der Waals surface area (Å²) >= 11 is 0. The van der Waals surface area contributed by atoms with Crippen LogP contribution in [0.5, 0.6) is 5.75 Å². The van der Waals surface area contributed by atoms with Crippen molar-refractivity contribution in [1.29, 1.82) is 0 Å². The number of sulfonamides is 1.